The van der Waals surface area contributed by atoms with E-state index < -0.39 is 30.1 Å². The molecule has 0 fully saturated rings. The number of urea groups is 1. The Labute approximate surface area is 151 Å². The van der Waals surface area contributed by atoms with Crippen molar-refractivity contribution in [3.8, 4) is 0 Å². The summed E-state index contributed by atoms with van der Waals surface area (Å²) in [6, 6.07) is 5.63. The van der Waals surface area contributed by atoms with E-state index in [-0.39, 0.29) is 18.6 Å². The van der Waals surface area contributed by atoms with Crippen LogP contribution in [0.25, 0.3) is 0 Å². The molecule has 0 unspecified atom stereocenters. The van der Waals surface area contributed by atoms with Crippen molar-refractivity contribution in [2.45, 2.75) is 39.2 Å². The monoisotopic (exact) mass is 368 g/mol. The number of halogens is 1. The van der Waals surface area contributed by atoms with Crippen LogP contribution in [0.1, 0.15) is 44.0 Å². The number of ether oxygens (including phenoxy) is 1. The van der Waals surface area contributed by atoms with Crippen molar-refractivity contribution >= 4 is 35.3 Å². The van der Waals surface area contributed by atoms with Gasteiger partial charge in [0.1, 0.15) is 0 Å². The lowest BCUT2D eigenvalue weighted by atomic mass is 10.1. The lowest BCUT2D eigenvalue weighted by Gasteiger charge is -2.20. The maximum Gasteiger partial charge on any atom is 0.321 e. The highest BCUT2D eigenvalue weighted by Crippen LogP contribution is 2.12. The van der Waals surface area contributed by atoms with E-state index in [1.165, 1.54) is 0 Å². The number of hydrogen-bond donors (Lipinski definition) is 2. The van der Waals surface area contributed by atoms with Crippen molar-refractivity contribution in [2.24, 2.45) is 0 Å². The topological polar surface area (TPSA) is 102 Å². The van der Waals surface area contributed by atoms with Gasteiger partial charge in [0, 0.05) is 22.5 Å². The zero-order chi connectivity index (χ0) is 19.0. The van der Waals surface area contributed by atoms with Crippen molar-refractivity contribution < 1.29 is 23.9 Å². The van der Waals surface area contributed by atoms with Crippen LogP contribution in [0.4, 0.5) is 4.79 Å². The first-order valence-corrected chi connectivity index (χ1v) is 8.01. The minimum Gasteiger partial charge on any atom is -0.456 e. The number of carbonyl (C=O) groups excluding carboxylic acids is 4. The number of amides is 3. The number of ketones is 1. The minimum atomic E-state index is -0.751. The van der Waals surface area contributed by atoms with E-state index >= 15 is 0 Å². The largest absolute Gasteiger partial charge is 0.456 e. The van der Waals surface area contributed by atoms with E-state index in [9.17, 15) is 19.2 Å². The second-order valence-electron chi connectivity index (χ2n) is 6.34. The Bertz CT molecular complexity index is 650. The summed E-state index contributed by atoms with van der Waals surface area (Å²) >= 11 is 5.73. The molecule has 2 N–H and O–H groups in total. The fourth-order valence-electron chi connectivity index (χ4n) is 1.75. The standard InChI is InChI=1S/C17H21ClN2O5/c1-17(2,3)20-16(24)19-14(22)10-25-15(23)9-8-13(21)11-4-6-12(18)7-5-11/h4-7H,8-10H2,1-3H3,(H2,19,20,22,24). The van der Waals surface area contributed by atoms with Crippen LogP contribution < -0.4 is 10.6 Å². The van der Waals surface area contributed by atoms with Crippen molar-refractivity contribution in [1.29, 1.82) is 0 Å². The van der Waals surface area contributed by atoms with Crippen LogP contribution in [0.2, 0.25) is 5.02 Å². The molecule has 8 heteroatoms. The molecule has 0 spiro atoms. The van der Waals surface area contributed by atoms with Gasteiger partial charge in [-0.1, -0.05) is 11.6 Å². The highest BCUT2D eigenvalue weighted by molar-refractivity contribution is 6.30. The second kappa shape index (κ2) is 9.17. The first kappa shape index (κ1) is 20.6. The molecule has 1 aromatic rings. The molecule has 0 aliphatic carbocycles. The average Bonchev–Trinajstić information content (AvgIpc) is 2.49. The maximum atomic E-state index is 11.9. The number of nitrogens with one attached hydrogen (secondary N) is 2. The molecule has 0 heterocycles. The normalized spacial score (nSPS) is 10.7. The van der Waals surface area contributed by atoms with Crippen molar-refractivity contribution in [1.82, 2.24) is 10.6 Å². The van der Waals surface area contributed by atoms with Gasteiger partial charge < -0.3 is 10.1 Å². The molecule has 0 bridgehead atoms. The molecule has 0 aliphatic rings. The number of benzene rings is 1. The zero-order valence-electron chi connectivity index (χ0n) is 14.3. The lowest BCUT2D eigenvalue weighted by Crippen LogP contribution is -2.49. The second-order valence-corrected chi connectivity index (χ2v) is 6.78. The zero-order valence-corrected chi connectivity index (χ0v) is 15.1. The number of esters is 1. The summed E-state index contributed by atoms with van der Waals surface area (Å²) in [5, 5.41) is 5.09. The van der Waals surface area contributed by atoms with Gasteiger partial charge in [-0.05, 0) is 45.0 Å². The highest BCUT2D eigenvalue weighted by Gasteiger charge is 2.17. The first-order valence-electron chi connectivity index (χ1n) is 7.63. The summed E-state index contributed by atoms with van der Waals surface area (Å²) in [4.78, 5) is 46.4. The lowest BCUT2D eigenvalue weighted by molar-refractivity contribution is -0.148. The fourth-order valence-corrected chi connectivity index (χ4v) is 1.87. The number of imide groups is 1. The molecule has 0 radical (unpaired) electrons. The van der Waals surface area contributed by atoms with Crippen molar-refractivity contribution in [3.63, 3.8) is 0 Å². The SMILES string of the molecule is CC(C)(C)NC(=O)NC(=O)COC(=O)CCC(=O)c1ccc(Cl)cc1. The molecule has 0 aromatic heterocycles. The smallest absolute Gasteiger partial charge is 0.321 e. The van der Waals surface area contributed by atoms with Gasteiger partial charge in [0.25, 0.3) is 5.91 Å². The summed E-state index contributed by atoms with van der Waals surface area (Å²) in [6.45, 7) is 4.68. The summed E-state index contributed by atoms with van der Waals surface area (Å²) < 4.78 is 4.74. The van der Waals surface area contributed by atoms with Crippen LogP contribution in [-0.2, 0) is 14.3 Å². The molecule has 25 heavy (non-hydrogen) atoms. The number of Topliss-reactive ketones (excluding diaryl/α,β-unsaturated/α-hetero) is 1. The van der Waals surface area contributed by atoms with Crippen molar-refractivity contribution in [3.05, 3.63) is 34.9 Å². The van der Waals surface area contributed by atoms with Gasteiger partial charge in [-0.15, -0.1) is 0 Å². The quantitative estimate of drug-likeness (QED) is 0.593. The minimum absolute atomic E-state index is 0.0490. The Morgan fingerprint density at radius 3 is 2.20 bits per heavy atom. The van der Waals surface area contributed by atoms with Crippen LogP contribution in [0.5, 0.6) is 0 Å². The predicted octanol–water partition coefficient (Wildman–Crippen LogP) is 2.47. The van der Waals surface area contributed by atoms with Gasteiger partial charge in [0.15, 0.2) is 12.4 Å². The van der Waals surface area contributed by atoms with E-state index in [1.54, 1.807) is 45.0 Å². The third kappa shape index (κ3) is 8.85. The summed E-state index contributed by atoms with van der Waals surface area (Å²) in [7, 11) is 0. The van der Waals surface area contributed by atoms with Gasteiger partial charge in [-0.3, -0.25) is 19.7 Å². The molecule has 7 nitrogen and oxygen atoms in total. The van der Waals surface area contributed by atoms with Crippen LogP contribution in [0.15, 0.2) is 24.3 Å². The van der Waals surface area contributed by atoms with Gasteiger partial charge >= 0.3 is 12.0 Å². The van der Waals surface area contributed by atoms with E-state index in [2.05, 4.69) is 5.32 Å². The molecule has 0 saturated heterocycles. The third-order valence-electron chi connectivity index (χ3n) is 2.83. The molecule has 1 aromatic carbocycles. The summed E-state index contributed by atoms with van der Waals surface area (Å²) in [5.41, 5.74) is -0.0583. The van der Waals surface area contributed by atoms with Gasteiger partial charge in [-0.2, -0.15) is 0 Å². The van der Waals surface area contributed by atoms with Gasteiger partial charge in [0.2, 0.25) is 0 Å². The molecule has 136 valence electrons. The van der Waals surface area contributed by atoms with Gasteiger partial charge in [0.05, 0.1) is 6.42 Å². The third-order valence-corrected chi connectivity index (χ3v) is 3.08. The average molecular weight is 369 g/mol. The van der Waals surface area contributed by atoms with Crippen LogP contribution >= 0.6 is 11.6 Å². The summed E-state index contributed by atoms with van der Waals surface area (Å²) in [6.07, 6.45) is -0.213. The molecule has 3 amide bonds. The van der Waals surface area contributed by atoms with E-state index in [4.69, 9.17) is 16.3 Å². The first-order chi connectivity index (χ1) is 11.6. The molecular formula is C17H21ClN2O5. The highest BCUT2D eigenvalue weighted by atomic mass is 35.5. The van der Waals surface area contributed by atoms with Gasteiger partial charge in [-0.25, -0.2) is 4.79 Å². The van der Waals surface area contributed by atoms with Crippen LogP contribution in [0, 0.1) is 0 Å². The Morgan fingerprint density at radius 2 is 1.64 bits per heavy atom. The fraction of sp³-hybridized carbons (Fsp3) is 0.412. The molecule has 1 rings (SSSR count). The Balaban J connectivity index is 2.30. The molecule has 0 atom stereocenters. The summed E-state index contributed by atoms with van der Waals surface area (Å²) in [5.74, 6) is -1.68. The number of hydrogen-bond acceptors (Lipinski definition) is 5. The van der Waals surface area contributed by atoms with E-state index in [0.717, 1.165) is 0 Å². The maximum absolute atomic E-state index is 11.9. The molecule has 0 saturated carbocycles. The van der Waals surface area contributed by atoms with E-state index in [0.29, 0.717) is 10.6 Å². The Kier molecular flexibility index (Phi) is 7.57. The van der Waals surface area contributed by atoms with E-state index in [1.807, 2.05) is 5.32 Å². The van der Waals surface area contributed by atoms with Crippen molar-refractivity contribution in [2.75, 3.05) is 6.61 Å². The number of rotatable bonds is 6. The Morgan fingerprint density at radius 1 is 1.04 bits per heavy atom. The molecule has 0 aliphatic heterocycles. The predicted molar refractivity (Wildman–Crippen MR) is 92.4 cm³/mol. The Hall–Kier alpha value is -2.41. The van der Waals surface area contributed by atoms with Crippen LogP contribution in [-0.4, -0.2) is 35.8 Å². The number of carbonyl (C=O) groups is 4. The van der Waals surface area contributed by atoms with Crippen LogP contribution in [0.3, 0.4) is 0 Å². The molecular weight excluding hydrogens is 348 g/mol.